The molecule has 0 atom stereocenters. The van der Waals surface area contributed by atoms with Crippen LogP contribution in [0.1, 0.15) is 31.7 Å². The van der Waals surface area contributed by atoms with Crippen molar-refractivity contribution in [3.63, 3.8) is 0 Å². The molecule has 0 amide bonds. The summed E-state index contributed by atoms with van der Waals surface area (Å²) in [6.07, 6.45) is 4.21. The van der Waals surface area contributed by atoms with E-state index in [1.54, 1.807) is 0 Å². The summed E-state index contributed by atoms with van der Waals surface area (Å²) in [5, 5.41) is 3.19. The van der Waals surface area contributed by atoms with Crippen LogP contribution in [0, 0.1) is 0 Å². The smallest absolute Gasteiger partial charge is 0.0911 e. The summed E-state index contributed by atoms with van der Waals surface area (Å²) in [7, 11) is 0. The highest BCUT2D eigenvalue weighted by molar-refractivity contribution is 5.44. The maximum absolute atomic E-state index is 11.9. The first kappa shape index (κ1) is 12.0. The van der Waals surface area contributed by atoms with Crippen LogP contribution in [0.25, 0.3) is 0 Å². The van der Waals surface area contributed by atoms with E-state index in [2.05, 4.69) is 36.5 Å². The van der Waals surface area contributed by atoms with Crippen LogP contribution in [0.4, 0.5) is 10.1 Å². The summed E-state index contributed by atoms with van der Waals surface area (Å²) in [6, 6.07) is 8.44. The van der Waals surface area contributed by atoms with Gasteiger partial charge in [-0.1, -0.05) is 25.5 Å². The maximum atomic E-state index is 11.9. The summed E-state index contributed by atoms with van der Waals surface area (Å²) in [6.45, 7) is 2.67. The molecule has 1 rings (SSSR count). The van der Waals surface area contributed by atoms with Gasteiger partial charge < -0.3 is 5.32 Å². The first-order chi connectivity index (χ1) is 7.36. The number of benzene rings is 1. The van der Waals surface area contributed by atoms with Crippen molar-refractivity contribution in [3.8, 4) is 0 Å². The van der Waals surface area contributed by atoms with E-state index in [1.165, 1.54) is 18.4 Å². The van der Waals surface area contributed by atoms with E-state index in [0.29, 0.717) is 13.0 Å². The van der Waals surface area contributed by atoms with Gasteiger partial charge in [0, 0.05) is 12.2 Å². The predicted molar refractivity (Wildman–Crippen MR) is 64.1 cm³/mol. The Bertz CT molecular complexity index is 256. The van der Waals surface area contributed by atoms with Crippen molar-refractivity contribution >= 4 is 5.69 Å². The van der Waals surface area contributed by atoms with Crippen LogP contribution in [-0.2, 0) is 6.42 Å². The molecule has 0 fully saturated rings. The summed E-state index contributed by atoms with van der Waals surface area (Å²) in [5.74, 6) is 0. The zero-order valence-corrected chi connectivity index (χ0v) is 9.43. The second-order valence-electron chi connectivity index (χ2n) is 3.77. The number of aryl methyl sites for hydroxylation is 1. The Hall–Kier alpha value is -1.05. The molecule has 0 aliphatic heterocycles. The van der Waals surface area contributed by atoms with Crippen LogP contribution in [0.5, 0.6) is 0 Å². The number of halogens is 1. The molecule has 0 aliphatic carbocycles. The molecular formula is C13H20FN. The normalized spacial score (nSPS) is 10.3. The highest BCUT2D eigenvalue weighted by atomic mass is 19.1. The van der Waals surface area contributed by atoms with Gasteiger partial charge in [0.25, 0.3) is 0 Å². The van der Waals surface area contributed by atoms with Crippen LogP contribution in [0.15, 0.2) is 24.3 Å². The Morgan fingerprint density at radius 2 is 1.87 bits per heavy atom. The number of hydrogen-bond acceptors (Lipinski definition) is 1. The van der Waals surface area contributed by atoms with Gasteiger partial charge in [0.15, 0.2) is 0 Å². The largest absolute Gasteiger partial charge is 0.385 e. The van der Waals surface area contributed by atoms with Crippen LogP contribution in [0.3, 0.4) is 0 Å². The first-order valence-electron chi connectivity index (χ1n) is 5.75. The molecule has 1 aromatic rings. The molecule has 0 aromatic heterocycles. The number of alkyl halides is 1. The zero-order valence-electron chi connectivity index (χ0n) is 9.43. The fourth-order valence-electron chi connectivity index (χ4n) is 1.47. The lowest BCUT2D eigenvalue weighted by atomic mass is 10.1. The Labute approximate surface area is 91.7 Å². The average molecular weight is 209 g/mol. The van der Waals surface area contributed by atoms with E-state index in [0.717, 1.165) is 12.1 Å². The molecule has 0 aliphatic rings. The lowest BCUT2D eigenvalue weighted by Gasteiger charge is -2.06. The molecule has 0 radical (unpaired) electrons. The van der Waals surface area contributed by atoms with Crippen LogP contribution < -0.4 is 5.32 Å². The van der Waals surface area contributed by atoms with Crippen molar-refractivity contribution in [2.24, 2.45) is 0 Å². The third kappa shape index (κ3) is 4.82. The Morgan fingerprint density at radius 3 is 2.47 bits per heavy atom. The molecule has 1 N–H and O–H groups in total. The van der Waals surface area contributed by atoms with Crippen molar-refractivity contribution in [2.75, 3.05) is 18.5 Å². The number of rotatable bonds is 7. The second-order valence-corrected chi connectivity index (χ2v) is 3.77. The van der Waals surface area contributed by atoms with E-state index in [-0.39, 0.29) is 6.67 Å². The van der Waals surface area contributed by atoms with E-state index >= 15 is 0 Å². The van der Waals surface area contributed by atoms with Crippen molar-refractivity contribution in [3.05, 3.63) is 29.8 Å². The molecule has 0 saturated heterocycles. The SMILES string of the molecule is CCCCc1ccc(NCCCF)cc1. The highest BCUT2D eigenvalue weighted by Gasteiger charge is 1.94. The molecule has 0 unspecified atom stereocenters. The van der Waals surface area contributed by atoms with Gasteiger partial charge in [0.1, 0.15) is 0 Å². The minimum Gasteiger partial charge on any atom is -0.385 e. The van der Waals surface area contributed by atoms with Crippen LogP contribution >= 0.6 is 0 Å². The summed E-state index contributed by atoms with van der Waals surface area (Å²) < 4.78 is 11.9. The molecule has 1 aromatic carbocycles. The van der Waals surface area contributed by atoms with Gasteiger partial charge in [-0.05, 0) is 37.0 Å². The average Bonchev–Trinajstić information content (AvgIpc) is 2.28. The minimum absolute atomic E-state index is 0.248. The minimum atomic E-state index is -0.248. The standard InChI is InChI=1S/C13H20FN/c1-2-3-5-12-6-8-13(9-7-12)15-11-4-10-14/h6-9,15H,2-5,10-11H2,1H3. The summed E-state index contributed by atoms with van der Waals surface area (Å²) >= 11 is 0. The van der Waals surface area contributed by atoms with Gasteiger partial charge in [0.05, 0.1) is 6.67 Å². The lowest BCUT2D eigenvalue weighted by Crippen LogP contribution is -2.01. The van der Waals surface area contributed by atoms with E-state index in [9.17, 15) is 4.39 Å². The Morgan fingerprint density at radius 1 is 1.13 bits per heavy atom. The van der Waals surface area contributed by atoms with E-state index in [4.69, 9.17) is 0 Å². The quantitative estimate of drug-likeness (QED) is 0.673. The Balaban J connectivity index is 2.35. The zero-order chi connectivity index (χ0) is 10.9. The van der Waals surface area contributed by atoms with E-state index in [1.807, 2.05) is 0 Å². The third-order valence-corrected chi connectivity index (χ3v) is 2.41. The lowest BCUT2D eigenvalue weighted by molar-refractivity contribution is 0.481. The fourth-order valence-corrected chi connectivity index (χ4v) is 1.47. The van der Waals surface area contributed by atoms with E-state index < -0.39 is 0 Å². The van der Waals surface area contributed by atoms with Crippen molar-refractivity contribution < 1.29 is 4.39 Å². The highest BCUT2D eigenvalue weighted by Crippen LogP contribution is 2.11. The topological polar surface area (TPSA) is 12.0 Å². The van der Waals surface area contributed by atoms with Gasteiger partial charge in [0.2, 0.25) is 0 Å². The molecule has 0 bridgehead atoms. The molecular weight excluding hydrogens is 189 g/mol. The van der Waals surface area contributed by atoms with Gasteiger partial charge in [-0.3, -0.25) is 4.39 Å². The van der Waals surface area contributed by atoms with Crippen LogP contribution in [0.2, 0.25) is 0 Å². The molecule has 0 spiro atoms. The first-order valence-corrected chi connectivity index (χ1v) is 5.75. The Kier molecular flexibility index (Phi) is 5.83. The molecule has 84 valence electrons. The number of unbranched alkanes of at least 4 members (excludes halogenated alkanes) is 1. The summed E-state index contributed by atoms with van der Waals surface area (Å²) in [4.78, 5) is 0. The van der Waals surface area contributed by atoms with Gasteiger partial charge in [-0.2, -0.15) is 0 Å². The monoisotopic (exact) mass is 209 g/mol. The maximum Gasteiger partial charge on any atom is 0.0911 e. The molecule has 15 heavy (non-hydrogen) atoms. The van der Waals surface area contributed by atoms with Crippen molar-refractivity contribution in [2.45, 2.75) is 32.6 Å². The fraction of sp³-hybridized carbons (Fsp3) is 0.538. The predicted octanol–water partition coefficient (Wildman–Crippen LogP) is 3.80. The number of hydrogen-bond donors (Lipinski definition) is 1. The molecule has 0 heterocycles. The second kappa shape index (κ2) is 7.27. The van der Waals surface area contributed by atoms with Gasteiger partial charge in [-0.15, -0.1) is 0 Å². The van der Waals surface area contributed by atoms with Gasteiger partial charge in [-0.25, -0.2) is 0 Å². The van der Waals surface area contributed by atoms with Crippen molar-refractivity contribution in [1.29, 1.82) is 0 Å². The third-order valence-electron chi connectivity index (χ3n) is 2.41. The molecule has 2 heteroatoms. The van der Waals surface area contributed by atoms with Crippen LogP contribution in [-0.4, -0.2) is 13.2 Å². The number of anilines is 1. The van der Waals surface area contributed by atoms with Crippen molar-refractivity contribution in [1.82, 2.24) is 0 Å². The summed E-state index contributed by atoms with van der Waals surface area (Å²) in [5.41, 5.74) is 2.47. The molecule has 1 nitrogen and oxygen atoms in total. The molecule has 0 saturated carbocycles. The van der Waals surface area contributed by atoms with Gasteiger partial charge >= 0.3 is 0 Å². The number of nitrogens with one attached hydrogen (secondary N) is 1.